The third-order valence-corrected chi connectivity index (χ3v) is 6.16. The minimum atomic E-state index is 0.0482. The monoisotopic (exact) mass is 447 g/mol. The van der Waals surface area contributed by atoms with Crippen molar-refractivity contribution < 1.29 is 14.3 Å². The number of piperazine rings is 1. The number of hydrogen-bond acceptors (Lipinski definition) is 6. The number of carbonyl (C=O) groups excluding carboxylic acids is 1. The van der Waals surface area contributed by atoms with E-state index in [1.54, 1.807) is 0 Å². The lowest BCUT2D eigenvalue weighted by atomic mass is 10.2. The fraction of sp³-hybridized carbons (Fsp3) is 0.360. The predicted molar refractivity (Wildman–Crippen MR) is 125 cm³/mol. The van der Waals surface area contributed by atoms with E-state index in [4.69, 9.17) is 9.47 Å². The Morgan fingerprint density at radius 1 is 0.939 bits per heavy atom. The maximum Gasteiger partial charge on any atom is 0.234 e. The standard InChI is InChI=1S/C25H29N5O3/c31-24(27-17-20-6-7-22-23(16-20)33-19-32-22)18-29-12-10-28(11-13-29)14-15-30-9-8-26-25(30)21-4-2-1-3-5-21/h1-9,16H,10-15,17-19H2,(H,27,31). The number of nitrogens with one attached hydrogen (secondary N) is 1. The zero-order valence-corrected chi connectivity index (χ0v) is 18.7. The van der Waals surface area contributed by atoms with E-state index in [-0.39, 0.29) is 12.7 Å². The van der Waals surface area contributed by atoms with Gasteiger partial charge < -0.3 is 19.4 Å². The number of ether oxygens (including phenoxy) is 2. The van der Waals surface area contributed by atoms with Crippen LogP contribution in [0.3, 0.4) is 0 Å². The van der Waals surface area contributed by atoms with Crippen molar-refractivity contribution in [3.8, 4) is 22.9 Å². The molecule has 0 unspecified atom stereocenters. The zero-order chi connectivity index (χ0) is 22.5. The highest BCUT2D eigenvalue weighted by molar-refractivity contribution is 5.78. The van der Waals surface area contributed by atoms with Gasteiger partial charge in [-0.05, 0) is 17.7 Å². The van der Waals surface area contributed by atoms with Crippen molar-refractivity contribution in [3.05, 3.63) is 66.5 Å². The van der Waals surface area contributed by atoms with Crippen molar-refractivity contribution in [1.82, 2.24) is 24.7 Å². The molecule has 3 aromatic rings. The molecule has 0 atom stereocenters. The van der Waals surface area contributed by atoms with Crippen molar-refractivity contribution in [2.24, 2.45) is 0 Å². The first-order valence-corrected chi connectivity index (χ1v) is 11.4. The van der Waals surface area contributed by atoms with E-state index >= 15 is 0 Å². The molecular weight excluding hydrogens is 418 g/mol. The van der Waals surface area contributed by atoms with Crippen LogP contribution in [-0.2, 0) is 17.9 Å². The summed E-state index contributed by atoms with van der Waals surface area (Å²) in [5.74, 6) is 2.55. The highest BCUT2D eigenvalue weighted by Crippen LogP contribution is 2.32. The van der Waals surface area contributed by atoms with Crippen LogP contribution in [0.5, 0.6) is 11.5 Å². The predicted octanol–water partition coefficient (Wildman–Crippen LogP) is 2.21. The van der Waals surface area contributed by atoms with Crippen LogP contribution in [0.15, 0.2) is 60.9 Å². The summed E-state index contributed by atoms with van der Waals surface area (Å²) in [6.45, 7) is 6.77. The van der Waals surface area contributed by atoms with Gasteiger partial charge in [0.1, 0.15) is 5.82 Å². The Kier molecular flexibility index (Phi) is 6.55. The first-order valence-electron chi connectivity index (χ1n) is 11.4. The van der Waals surface area contributed by atoms with Crippen molar-refractivity contribution in [1.29, 1.82) is 0 Å². The van der Waals surface area contributed by atoms with Gasteiger partial charge in [-0.3, -0.25) is 14.6 Å². The molecule has 2 aliphatic rings. The number of imidazole rings is 1. The molecule has 2 aliphatic heterocycles. The van der Waals surface area contributed by atoms with Gasteiger partial charge in [0, 0.05) is 63.8 Å². The Hall–Kier alpha value is -3.36. The lowest BCUT2D eigenvalue weighted by molar-refractivity contribution is -0.122. The molecule has 0 aliphatic carbocycles. The molecular formula is C25H29N5O3. The largest absolute Gasteiger partial charge is 0.454 e. The molecule has 3 heterocycles. The quantitative estimate of drug-likeness (QED) is 0.571. The highest BCUT2D eigenvalue weighted by Gasteiger charge is 2.19. The number of carbonyl (C=O) groups is 1. The lowest BCUT2D eigenvalue weighted by Crippen LogP contribution is -2.49. The van der Waals surface area contributed by atoms with Crippen molar-refractivity contribution in [2.75, 3.05) is 46.1 Å². The number of fused-ring (bicyclic) bond motifs is 1. The molecule has 33 heavy (non-hydrogen) atoms. The number of rotatable bonds is 8. The summed E-state index contributed by atoms with van der Waals surface area (Å²) in [6, 6.07) is 16.0. The van der Waals surface area contributed by atoms with Gasteiger partial charge in [-0.15, -0.1) is 0 Å². The third kappa shape index (κ3) is 5.35. The van der Waals surface area contributed by atoms with Crippen molar-refractivity contribution >= 4 is 5.91 Å². The van der Waals surface area contributed by atoms with E-state index in [1.807, 2.05) is 48.8 Å². The van der Waals surface area contributed by atoms with E-state index in [2.05, 4.69) is 36.8 Å². The first-order chi connectivity index (χ1) is 16.2. The van der Waals surface area contributed by atoms with Gasteiger partial charge in [0.15, 0.2) is 11.5 Å². The van der Waals surface area contributed by atoms with Gasteiger partial charge >= 0.3 is 0 Å². The molecule has 1 aromatic heterocycles. The van der Waals surface area contributed by atoms with Crippen LogP contribution in [0.1, 0.15) is 5.56 Å². The molecule has 172 valence electrons. The second-order valence-corrected chi connectivity index (χ2v) is 8.39. The van der Waals surface area contributed by atoms with E-state index in [0.717, 1.165) is 67.7 Å². The number of aromatic nitrogens is 2. The molecule has 1 fully saturated rings. The maximum absolute atomic E-state index is 12.4. The van der Waals surface area contributed by atoms with Crippen LogP contribution in [0.4, 0.5) is 0 Å². The summed E-state index contributed by atoms with van der Waals surface area (Å²) < 4.78 is 12.9. The van der Waals surface area contributed by atoms with Crippen LogP contribution < -0.4 is 14.8 Å². The Labute approximate surface area is 193 Å². The Morgan fingerprint density at radius 3 is 2.58 bits per heavy atom. The first kappa shape index (κ1) is 21.5. The Bertz CT molecular complexity index is 1080. The van der Waals surface area contributed by atoms with E-state index in [9.17, 15) is 4.79 Å². The summed E-state index contributed by atoms with van der Waals surface area (Å²) in [4.78, 5) is 21.6. The summed E-state index contributed by atoms with van der Waals surface area (Å²) in [5, 5.41) is 3.01. The minimum absolute atomic E-state index is 0.0482. The topological polar surface area (TPSA) is 71.9 Å². The van der Waals surface area contributed by atoms with E-state index in [0.29, 0.717) is 13.1 Å². The molecule has 8 nitrogen and oxygen atoms in total. The van der Waals surface area contributed by atoms with E-state index < -0.39 is 0 Å². The van der Waals surface area contributed by atoms with Crippen LogP contribution in [-0.4, -0.2) is 71.3 Å². The number of nitrogens with zero attached hydrogens (tertiary/aromatic N) is 4. The molecule has 5 rings (SSSR count). The Morgan fingerprint density at radius 2 is 1.73 bits per heavy atom. The van der Waals surface area contributed by atoms with Crippen LogP contribution in [0.2, 0.25) is 0 Å². The summed E-state index contributed by atoms with van der Waals surface area (Å²) in [7, 11) is 0. The van der Waals surface area contributed by atoms with Crippen molar-refractivity contribution in [3.63, 3.8) is 0 Å². The fourth-order valence-corrected chi connectivity index (χ4v) is 4.27. The van der Waals surface area contributed by atoms with Gasteiger partial charge in [0.05, 0.1) is 6.54 Å². The van der Waals surface area contributed by atoms with Crippen LogP contribution >= 0.6 is 0 Å². The minimum Gasteiger partial charge on any atom is -0.454 e. The number of benzene rings is 2. The SMILES string of the molecule is O=C(CN1CCN(CCn2ccnc2-c2ccccc2)CC1)NCc1ccc2c(c1)OCO2. The van der Waals surface area contributed by atoms with Crippen molar-refractivity contribution in [2.45, 2.75) is 13.1 Å². The third-order valence-electron chi connectivity index (χ3n) is 6.16. The average molecular weight is 448 g/mol. The van der Waals surface area contributed by atoms with Crippen LogP contribution in [0, 0.1) is 0 Å². The van der Waals surface area contributed by atoms with Gasteiger partial charge in [0.25, 0.3) is 0 Å². The summed E-state index contributed by atoms with van der Waals surface area (Å²) >= 11 is 0. The molecule has 0 spiro atoms. The molecule has 1 saturated heterocycles. The maximum atomic E-state index is 12.4. The smallest absolute Gasteiger partial charge is 0.234 e. The zero-order valence-electron chi connectivity index (χ0n) is 18.7. The van der Waals surface area contributed by atoms with Gasteiger partial charge in [-0.1, -0.05) is 36.4 Å². The van der Waals surface area contributed by atoms with Crippen LogP contribution in [0.25, 0.3) is 11.4 Å². The molecule has 1 N–H and O–H groups in total. The Balaban J connectivity index is 1.03. The van der Waals surface area contributed by atoms with Gasteiger partial charge in [-0.25, -0.2) is 4.98 Å². The van der Waals surface area contributed by atoms with Gasteiger partial charge in [0.2, 0.25) is 12.7 Å². The average Bonchev–Trinajstić information content (AvgIpc) is 3.52. The lowest BCUT2D eigenvalue weighted by Gasteiger charge is -2.34. The molecule has 8 heteroatoms. The number of hydrogen-bond donors (Lipinski definition) is 1. The molecule has 0 saturated carbocycles. The molecule has 2 aromatic carbocycles. The van der Waals surface area contributed by atoms with E-state index in [1.165, 1.54) is 0 Å². The molecule has 0 bridgehead atoms. The fourth-order valence-electron chi connectivity index (χ4n) is 4.27. The summed E-state index contributed by atoms with van der Waals surface area (Å²) in [5.41, 5.74) is 2.14. The second kappa shape index (κ2) is 10.1. The second-order valence-electron chi connectivity index (χ2n) is 8.39. The molecule has 0 radical (unpaired) electrons. The highest BCUT2D eigenvalue weighted by atomic mass is 16.7. The summed E-state index contributed by atoms with van der Waals surface area (Å²) in [6.07, 6.45) is 3.91. The van der Waals surface area contributed by atoms with Gasteiger partial charge in [-0.2, -0.15) is 0 Å². The number of amides is 1. The normalized spacial score (nSPS) is 16.1. The molecule has 1 amide bonds.